The number of Topliss-reactive ketones (excluding diaryl/α,β-unsaturated/α-hetero) is 7. The molecule has 138 heavy (non-hydrogen) atoms. The predicted octanol–water partition coefficient (Wildman–Crippen LogP) is 31.9. The molecular formula is C116H109Cl8NO13. The molecular weight excluding hydrogens is 1900 g/mol. The number of nitriles is 1. The van der Waals surface area contributed by atoms with E-state index >= 15 is 0 Å². The lowest BCUT2D eigenvalue weighted by molar-refractivity contribution is -0.193. The molecule has 20 rings (SSSR count). The van der Waals surface area contributed by atoms with Crippen LogP contribution in [0.4, 0.5) is 0 Å². The zero-order chi connectivity index (χ0) is 99.0. The van der Waals surface area contributed by atoms with E-state index in [9.17, 15) is 43.5 Å². The molecule has 0 aliphatic heterocycles. The van der Waals surface area contributed by atoms with Gasteiger partial charge in [0.1, 0.15) is 5.76 Å². The van der Waals surface area contributed by atoms with E-state index in [4.69, 9.17) is 117 Å². The van der Waals surface area contributed by atoms with Crippen LogP contribution in [0, 0.1) is 29.1 Å². The number of aliphatic hydroxyl groups excluding tert-OH is 1. The normalized spacial score (nSPS) is 19.5. The molecule has 0 unspecified atom stereocenters. The molecule has 5 fully saturated rings. The molecule has 5 saturated carbocycles. The summed E-state index contributed by atoms with van der Waals surface area (Å²) in [5, 5.41) is 22.1. The minimum Gasteiger partial charge on any atom is -0.507 e. The number of aliphatic hydroxyl groups is 1. The lowest BCUT2D eigenvalue weighted by Crippen LogP contribution is -2.29. The first-order chi connectivity index (χ1) is 66.8. The fraction of sp³-hybridized carbons (Fsp3) is 0.302. The third kappa shape index (κ3) is 30.8. The van der Waals surface area contributed by atoms with Crippen molar-refractivity contribution >= 4 is 157 Å². The Balaban J connectivity index is 0.000000167. The molecule has 0 saturated heterocycles. The average Bonchev–Trinajstić information content (AvgIpc) is 0.768. The highest BCUT2D eigenvalue weighted by Crippen LogP contribution is 2.48. The van der Waals surface area contributed by atoms with Gasteiger partial charge in [-0.2, -0.15) is 24.4 Å². The molecule has 1 N–H and O–H groups in total. The first-order valence-corrected chi connectivity index (χ1v) is 49.9. The minimum absolute atomic E-state index is 0.0105. The number of allylic oxidation sites excluding steroid dienone is 9. The standard InChI is InChI=1S/2C22H18Cl2O2.C22H19ClO3.2C12H15Cl.C10H5ClO2.C6H10.C6H6.C2H3N.2CO2/c2*23-16-11-9-14(10-12-16)13-5-7-15(8-6-13)19-20(24)22(26)18-4-2-1-3-17(18)21(19)25;23-16-11-9-14(10-12-16)13-5-7-15(8-6-13)19-20(24)17-3-1-2-4-18(17)21(25)22(19)26;2*13-12-8-6-11(7-9-12)10-4-2-1-3-5-10;11-8-5-9(12)6-3-1-2-4-7(6)10(8)13;2*1-2-4-6-5-3-1;1-2-3;2*2-1-3/h2*1-4,9-13,15H,5-8H2;1-4,9-13,15,24H,5-8H2;2*6-10H,1-5H2;1-5H;1-2H,3-6H2;1-6H;1H3;;. The van der Waals surface area contributed by atoms with E-state index in [0.29, 0.717) is 79.0 Å². The van der Waals surface area contributed by atoms with Gasteiger partial charge in [0.05, 0.1) is 21.2 Å². The third-order valence-electron chi connectivity index (χ3n) is 26.4. The summed E-state index contributed by atoms with van der Waals surface area (Å²) in [5.41, 5.74) is 11.5. The highest BCUT2D eigenvalue weighted by Gasteiger charge is 2.41. The number of nitrogens with zero attached hydrogens (tertiary/aromatic N) is 1. The second kappa shape index (κ2) is 56.6. The average molecular weight is 2010 g/mol. The number of hydrogen-bond donors (Lipinski definition) is 1. The van der Waals surface area contributed by atoms with Gasteiger partial charge >= 0.3 is 12.3 Å². The summed E-state index contributed by atoms with van der Waals surface area (Å²) >= 11 is 47.9. The molecule has 22 heteroatoms. The number of benzene rings is 10. The molecule has 0 bridgehead atoms. The smallest absolute Gasteiger partial charge is 0.373 e. The second-order valence-corrected chi connectivity index (χ2v) is 38.3. The van der Waals surface area contributed by atoms with Crippen LogP contribution < -0.4 is 0 Å². The van der Waals surface area contributed by atoms with E-state index in [1.54, 1.807) is 103 Å². The fourth-order valence-electron chi connectivity index (χ4n) is 19.3. The number of carbonyl (C=O) groups is 8. The van der Waals surface area contributed by atoms with Crippen molar-refractivity contribution in [3.05, 3.63) is 402 Å². The minimum atomic E-state index is -0.545. The first kappa shape index (κ1) is 109. The molecule has 14 nitrogen and oxygen atoms in total. The van der Waals surface area contributed by atoms with E-state index in [0.717, 1.165) is 120 Å². The Labute approximate surface area is 847 Å². The molecule has 10 aromatic carbocycles. The van der Waals surface area contributed by atoms with Crippen LogP contribution in [0.1, 0.15) is 309 Å². The van der Waals surface area contributed by atoms with Gasteiger partial charge in [0.2, 0.25) is 28.9 Å². The Morgan fingerprint density at radius 2 is 0.478 bits per heavy atom. The maximum absolute atomic E-state index is 13.0. The second-order valence-electron chi connectivity index (χ2n) is 34.9. The van der Waals surface area contributed by atoms with Gasteiger partial charge in [-0.15, -0.1) is 0 Å². The van der Waals surface area contributed by atoms with E-state index in [-0.39, 0.29) is 85.6 Å². The number of rotatable bonds is 8. The monoisotopic (exact) mass is 2000 g/mol. The lowest BCUT2D eigenvalue weighted by atomic mass is 9.72. The van der Waals surface area contributed by atoms with E-state index < -0.39 is 11.6 Å². The SMILES string of the molecule is C1=CCCCC1.CC#N.Clc1ccc(C2CCCCC2)cc1.Clc1ccc(C2CCCCC2)cc1.O=C1C(=O)c2ccccc2C(O)=C1C1CCC(c2ccc(Cl)cc2)CC1.O=C1C(Cl)=C(C2CCC(c3ccc(Cl)cc3)CC2)C(=O)c2ccccc21.O=C1C(Cl)=C(C2CCC(c3ccc(Cl)cc3)CC2)C(=O)c2ccccc21.O=C1C=C(Cl)C(=O)c2ccccc21.O=C=O.O=C=O.c1ccccc1. The molecule has 10 aliphatic carbocycles. The van der Waals surface area contributed by atoms with Crippen molar-refractivity contribution in [3.63, 3.8) is 0 Å². The summed E-state index contributed by atoms with van der Waals surface area (Å²) in [4.78, 5) is 131. The molecule has 10 aromatic rings. The number of hydrogen-bond acceptors (Lipinski definition) is 14. The van der Waals surface area contributed by atoms with Crippen LogP contribution >= 0.6 is 92.8 Å². The zero-order valence-electron chi connectivity index (χ0n) is 76.8. The molecule has 712 valence electrons. The van der Waals surface area contributed by atoms with Crippen molar-refractivity contribution in [1.29, 1.82) is 5.26 Å². The maximum atomic E-state index is 13.0. The van der Waals surface area contributed by atoms with E-state index in [2.05, 4.69) is 72.8 Å². The Bertz CT molecular complexity index is 5850. The topological polar surface area (TPSA) is 249 Å². The number of carbonyl (C=O) groups excluding carboxylic acids is 12. The predicted molar refractivity (Wildman–Crippen MR) is 549 cm³/mol. The lowest BCUT2D eigenvalue weighted by Gasteiger charge is -2.32. The van der Waals surface area contributed by atoms with Crippen LogP contribution in [-0.4, -0.2) is 63.7 Å². The van der Waals surface area contributed by atoms with Gasteiger partial charge in [-0.1, -0.05) is 338 Å². The zero-order valence-corrected chi connectivity index (χ0v) is 82.8. The Morgan fingerprint density at radius 1 is 0.254 bits per heavy atom. The Kier molecular flexibility index (Phi) is 44.6. The van der Waals surface area contributed by atoms with Gasteiger partial charge in [-0.25, -0.2) is 0 Å². The van der Waals surface area contributed by atoms with Crippen LogP contribution in [-0.2, 0) is 24.0 Å². The van der Waals surface area contributed by atoms with E-state index in [1.165, 1.54) is 125 Å². The van der Waals surface area contributed by atoms with Crippen LogP contribution in [0.25, 0.3) is 5.76 Å². The summed E-state index contributed by atoms with van der Waals surface area (Å²) in [6, 6.07) is 81.7. The molecule has 0 radical (unpaired) electrons. The molecule has 0 atom stereocenters. The van der Waals surface area contributed by atoms with Crippen molar-refractivity contribution in [2.75, 3.05) is 0 Å². The molecule has 0 heterocycles. The highest BCUT2D eigenvalue weighted by molar-refractivity contribution is 6.53. The first-order valence-electron chi connectivity index (χ1n) is 46.9. The summed E-state index contributed by atoms with van der Waals surface area (Å²) in [6.07, 6.45) is 36.3. The van der Waals surface area contributed by atoms with Crippen molar-refractivity contribution in [3.8, 4) is 6.07 Å². The van der Waals surface area contributed by atoms with Crippen molar-refractivity contribution in [2.45, 2.75) is 203 Å². The Hall–Kier alpha value is -11.4. The number of ketones is 8. The molecule has 0 aromatic heterocycles. The van der Waals surface area contributed by atoms with E-state index in [1.807, 2.05) is 97.1 Å². The summed E-state index contributed by atoms with van der Waals surface area (Å²) in [7, 11) is 0. The quantitative estimate of drug-likeness (QED) is 0.110. The summed E-state index contributed by atoms with van der Waals surface area (Å²) in [5.74, 6) is 0.810. The van der Waals surface area contributed by atoms with Crippen molar-refractivity contribution in [2.24, 2.45) is 17.8 Å². The molecule has 10 aliphatic rings. The number of fused-ring (bicyclic) bond motifs is 4. The highest BCUT2D eigenvalue weighted by atomic mass is 35.5. The van der Waals surface area contributed by atoms with Gasteiger partial charge < -0.3 is 5.11 Å². The fourth-order valence-corrected chi connectivity index (χ4v) is 20.9. The molecule has 0 spiro atoms. The van der Waals surface area contributed by atoms with Gasteiger partial charge in [0.25, 0.3) is 0 Å². The largest absolute Gasteiger partial charge is 0.507 e. The number of halogens is 8. The van der Waals surface area contributed by atoms with Crippen LogP contribution in [0.3, 0.4) is 0 Å². The van der Waals surface area contributed by atoms with Gasteiger partial charge in [0, 0.05) is 99.3 Å². The van der Waals surface area contributed by atoms with Gasteiger partial charge in [0.15, 0.2) is 17.3 Å². The van der Waals surface area contributed by atoms with Crippen LogP contribution in [0.2, 0.25) is 25.1 Å². The van der Waals surface area contributed by atoms with Crippen LogP contribution in [0.15, 0.2) is 305 Å². The van der Waals surface area contributed by atoms with Crippen molar-refractivity contribution in [1.82, 2.24) is 0 Å². The maximum Gasteiger partial charge on any atom is 0.373 e. The van der Waals surface area contributed by atoms with Gasteiger partial charge in [-0.3, -0.25) is 38.4 Å². The van der Waals surface area contributed by atoms with Crippen molar-refractivity contribution < 1.29 is 62.6 Å². The van der Waals surface area contributed by atoms with Crippen LogP contribution in [0.5, 0.6) is 0 Å². The summed E-state index contributed by atoms with van der Waals surface area (Å²) in [6.45, 7) is 1.43. The summed E-state index contributed by atoms with van der Waals surface area (Å²) < 4.78 is 0. The van der Waals surface area contributed by atoms with Gasteiger partial charge in [-0.05, 0) is 264 Å². The third-order valence-corrected chi connectivity index (χ3v) is 28.7. The molecule has 0 amide bonds. The Morgan fingerprint density at radius 3 is 0.746 bits per heavy atom.